The van der Waals surface area contributed by atoms with Crippen molar-refractivity contribution in [2.75, 3.05) is 5.75 Å². The van der Waals surface area contributed by atoms with Crippen molar-refractivity contribution in [1.29, 1.82) is 0 Å². The second-order valence-electron chi connectivity index (χ2n) is 4.49. The van der Waals surface area contributed by atoms with Gasteiger partial charge < -0.3 is 5.11 Å². The maximum atomic E-state index is 9.16. The molecule has 1 nitrogen and oxygen atoms in total. The van der Waals surface area contributed by atoms with Crippen molar-refractivity contribution in [1.82, 2.24) is 0 Å². The summed E-state index contributed by atoms with van der Waals surface area (Å²) >= 11 is 1.99. The van der Waals surface area contributed by atoms with Gasteiger partial charge in [0.2, 0.25) is 0 Å². The van der Waals surface area contributed by atoms with Gasteiger partial charge in [-0.3, -0.25) is 0 Å². The van der Waals surface area contributed by atoms with Gasteiger partial charge in [0.15, 0.2) is 0 Å². The molecule has 0 aromatic heterocycles. The summed E-state index contributed by atoms with van der Waals surface area (Å²) in [6, 6.07) is 7.54. The third kappa shape index (κ3) is 7.32. The zero-order valence-corrected chi connectivity index (χ0v) is 11.6. The van der Waals surface area contributed by atoms with Crippen molar-refractivity contribution in [3.8, 4) is 5.75 Å². The third-order valence-electron chi connectivity index (χ3n) is 2.85. The van der Waals surface area contributed by atoms with Crippen LogP contribution in [-0.4, -0.2) is 10.9 Å². The minimum Gasteiger partial charge on any atom is -0.508 e. The van der Waals surface area contributed by atoms with Crippen molar-refractivity contribution < 1.29 is 5.11 Å². The Morgan fingerprint density at radius 1 is 0.941 bits per heavy atom. The predicted octanol–water partition coefficient (Wildman–Crippen LogP) is 4.99. The van der Waals surface area contributed by atoms with E-state index in [1.165, 1.54) is 49.8 Å². The molecule has 0 aliphatic heterocycles. The van der Waals surface area contributed by atoms with E-state index < -0.39 is 0 Å². The molecule has 1 rings (SSSR count). The van der Waals surface area contributed by atoms with Crippen LogP contribution >= 0.6 is 11.8 Å². The van der Waals surface area contributed by atoms with E-state index in [1.807, 2.05) is 23.9 Å². The Kier molecular flexibility index (Phi) is 7.98. The first-order valence-corrected chi connectivity index (χ1v) is 7.84. The standard InChI is InChI=1S/C15H24OS/c1-2-3-4-5-6-7-12-17-13-14-8-10-15(16)11-9-14/h8-11,16H,2-7,12-13H2,1H3. The fraction of sp³-hybridized carbons (Fsp3) is 0.600. The second kappa shape index (κ2) is 9.41. The van der Waals surface area contributed by atoms with Gasteiger partial charge in [0, 0.05) is 5.75 Å². The SMILES string of the molecule is CCCCCCCCSCc1ccc(O)cc1. The summed E-state index contributed by atoms with van der Waals surface area (Å²) in [5.41, 5.74) is 1.30. The van der Waals surface area contributed by atoms with Crippen molar-refractivity contribution in [2.24, 2.45) is 0 Å². The van der Waals surface area contributed by atoms with Gasteiger partial charge in [0.25, 0.3) is 0 Å². The molecule has 0 saturated carbocycles. The number of benzene rings is 1. The molecule has 0 aliphatic carbocycles. The van der Waals surface area contributed by atoms with Gasteiger partial charge in [-0.15, -0.1) is 0 Å². The molecular weight excluding hydrogens is 228 g/mol. The topological polar surface area (TPSA) is 20.2 Å². The maximum Gasteiger partial charge on any atom is 0.115 e. The molecule has 17 heavy (non-hydrogen) atoms. The van der Waals surface area contributed by atoms with Crippen molar-refractivity contribution >= 4 is 11.8 Å². The fourth-order valence-corrected chi connectivity index (χ4v) is 2.75. The normalized spacial score (nSPS) is 10.6. The van der Waals surface area contributed by atoms with Crippen LogP contribution in [0.15, 0.2) is 24.3 Å². The van der Waals surface area contributed by atoms with Crippen molar-refractivity contribution in [3.63, 3.8) is 0 Å². The molecule has 0 spiro atoms. The van der Waals surface area contributed by atoms with Crippen LogP contribution in [0.1, 0.15) is 51.0 Å². The van der Waals surface area contributed by atoms with Gasteiger partial charge in [0.1, 0.15) is 5.75 Å². The molecule has 0 amide bonds. The first kappa shape index (κ1) is 14.4. The molecule has 0 aliphatic rings. The number of phenols is 1. The number of aromatic hydroxyl groups is 1. The molecule has 0 heterocycles. The second-order valence-corrected chi connectivity index (χ2v) is 5.59. The van der Waals surface area contributed by atoms with E-state index in [9.17, 15) is 0 Å². The molecule has 1 aromatic rings. The minimum atomic E-state index is 0.356. The Bertz CT molecular complexity index is 281. The lowest BCUT2D eigenvalue weighted by Crippen LogP contribution is -1.85. The van der Waals surface area contributed by atoms with Gasteiger partial charge in [-0.25, -0.2) is 0 Å². The van der Waals surface area contributed by atoms with Gasteiger partial charge in [0.05, 0.1) is 0 Å². The predicted molar refractivity (Wildman–Crippen MR) is 77.6 cm³/mol. The summed E-state index contributed by atoms with van der Waals surface area (Å²) < 4.78 is 0. The molecule has 0 unspecified atom stereocenters. The largest absolute Gasteiger partial charge is 0.508 e. The monoisotopic (exact) mass is 252 g/mol. The van der Waals surface area contributed by atoms with E-state index in [4.69, 9.17) is 5.11 Å². The van der Waals surface area contributed by atoms with Crippen molar-refractivity contribution in [2.45, 2.75) is 51.2 Å². The summed E-state index contributed by atoms with van der Waals surface area (Å²) in [5, 5.41) is 9.16. The molecule has 96 valence electrons. The molecular formula is C15H24OS. The highest BCUT2D eigenvalue weighted by Gasteiger charge is 1.95. The van der Waals surface area contributed by atoms with E-state index in [1.54, 1.807) is 12.1 Å². The zero-order valence-electron chi connectivity index (χ0n) is 10.8. The smallest absolute Gasteiger partial charge is 0.115 e. The van der Waals surface area contributed by atoms with Crippen LogP contribution < -0.4 is 0 Å². The lowest BCUT2D eigenvalue weighted by atomic mass is 10.1. The summed E-state index contributed by atoms with van der Waals surface area (Å²) in [5.74, 6) is 2.68. The van der Waals surface area contributed by atoms with Gasteiger partial charge in [-0.05, 0) is 29.9 Å². The Morgan fingerprint density at radius 3 is 2.29 bits per heavy atom. The average molecular weight is 252 g/mol. The number of hydrogen-bond acceptors (Lipinski definition) is 2. The van der Waals surface area contributed by atoms with Crippen molar-refractivity contribution in [3.05, 3.63) is 29.8 Å². The van der Waals surface area contributed by atoms with Crippen LogP contribution in [0.5, 0.6) is 5.75 Å². The lowest BCUT2D eigenvalue weighted by molar-refractivity contribution is 0.475. The molecule has 0 bridgehead atoms. The van der Waals surface area contributed by atoms with Crippen LogP contribution in [0.3, 0.4) is 0 Å². The van der Waals surface area contributed by atoms with E-state index in [-0.39, 0.29) is 0 Å². The van der Waals surface area contributed by atoms with E-state index >= 15 is 0 Å². The molecule has 0 fully saturated rings. The highest BCUT2D eigenvalue weighted by atomic mass is 32.2. The van der Waals surface area contributed by atoms with Crippen LogP contribution in [-0.2, 0) is 5.75 Å². The van der Waals surface area contributed by atoms with Crippen LogP contribution in [0.25, 0.3) is 0 Å². The average Bonchev–Trinajstić information content (AvgIpc) is 2.35. The van der Waals surface area contributed by atoms with E-state index in [2.05, 4.69) is 6.92 Å². The molecule has 1 aromatic carbocycles. The quantitative estimate of drug-likeness (QED) is 0.625. The summed E-state index contributed by atoms with van der Waals surface area (Å²) in [4.78, 5) is 0. The molecule has 2 heteroatoms. The highest BCUT2D eigenvalue weighted by Crippen LogP contribution is 2.17. The summed E-state index contributed by atoms with van der Waals surface area (Å²) in [7, 11) is 0. The Hall–Kier alpha value is -0.630. The Balaban J connectivity index is 1.95. The molecule has 1 N–H and O–H groups in total. The molecule has 0 atom stereocenters. The highest BCUT2D eigenvalue weighted by molar-refractivity contribution is 7.98. The fourth-order valence-electron chi connectivity index (χ4n) is 1.77. The number of rotatable bonds is 9. The number of unbranched alkanes of at least 4 members (excludes halogenated alkanes) is 5. The lowest BCUT2D eigenvalue weighted by Gasteiger charge is -2.02. The van der Waals surface area contributed by atoms with Crippen LogP contribution in [0, 0.1) is 0 Å². The first-order valence-electron chi connectivity index (χ1n) is 6.68. The van der Waals surface area contributed by atoms with E-state index in [0.717, 1.165) is 5.75 Å². The molecule has 0 saturated heterocycles. The van der Waals surface area contributed by atoms with Gasteiger partial charge >= 0.3 is 0 Å². The molecule has 0 radical (unpaired) electrons. The Morgan fingerprint density at radius 2 is 1.59 bits per heavy atom. The zero-order chi connectivity index (χ0) is 12.3. The third-order valence-corrected chi connectivity index (χ3v) is 3.96. The van der Waals surface area contributed by atoms with Crippen LogP contribution in [0.4, 0.5) is 0 Å². The number of thioether (sulfide) groups is 1. The summed E-state index contributed by atoms with van der Waals surface area (Å²) in [6.45, 7) is 2.26. The van der Waals surface area contributed by atoms with Gasteiger partial charge in [-0.1, -0.05) is 51.2 Å². The number of phenolic OH excluding ortho intramolecular Hbond substituents is 1. The number of hydrogen-bond donors (Lipinski definition) is 1. The summed E-state index contributed by atoms with van der Waals surface area (Å²) in [6.07, 6.45) is 8.23. The van der Waals surface area contributed by atoms with E-state index in [0.29, 0.717) is 5.75 Å². The minimum absolute atomic E-state index is 0.356. The maximum absolute atomic E-state index is 9.16. The Labute approximate surface area is 110 Å². The first-order chi connectivity index (χ1) is 8.33. The van der Waals surface area contributed by atoms with Crippen LogP contribution in [0.2, 0.25) is 0 Å². The van der Waals surface area contributed by atoms with Gasteiger partial charge in [-0.2, -0.15) is 11.8 Å².